The van der Waals surface area contributed by atoms with Crippen molar-refractivity contribution in [3.05, 3.63) is 33.9 Å². The summed E-state index contributed by atoms with van der Waals surface area (Å²) in [4.78, 5) is 25.6. The second-order valence-corrected chi connectivity index (χ2v) is 7.59. The molecule has 7 nitrogen and oxygen atoms in total. The van der Waals surface area contributed by atoms with Crippen LogP contribution in [0.1, 0.15) is 48.9 Å². The van der Waals surface area contributed by atoms with Gasteiger partial charge < -0.3 is 15.5 Å². The maximum atomic E-state index is 12.9. The molecule has 7 heteroatoms. The highest BCUT2D eigenvalue weighted by Gasteiger charge is 2.36. The van der Waals surface area contributed by atoms with Crippen LogP contribution in [0.5, 0.6) is 0 Å². The van der Waals surface area contributed by atoms with Crippen LogP contribution in [-0.2, 0) is 0 Å². The number of fused-ring (bicyclic) bond motifs is 2. The Bertz CT molecular complexity index is 692. The fourth-order valence-electron chi connectivity index (χ4n) is 4.10. The number of benzene rings is 1. The topological polar surface area (TPSA) is 87.5 Å². The minimum absolute atomic E-state index is 0.0171. The first-order valence-corrected chi connectivity index (χ1v) is 9.09. The van der Waals surface area contributed by atoms with Crippen LogP contribution in [0.4, 0.5) is 11.4 Å². The number of nitro groups is 1. The normalized spacial score (nSPS) is 27.8. The Morgan fingerprint density at radius 3 is 2.52 bits per heavy atom. The monoisotopic (exact) mass is 344 g/mol. The molecule has 134 valence electrons. The molecule has 0 spiro atoms. The van der Waals surface area contributed by atoms with E-state index < -0.39 is 4.92 Å². The summed E-state index contributed by atoms with van der Waals surface area (Å²) in [6, 6.07) is 6.31. The minimum Gasteiger partial charge on any atom is -0.377 e. The average molecular weight is 344 g/mol. The number of hydrogen-bond donors (Lipinski definition) is 2. The number of piperidine rings is 1. The second kappa shape index (κ2) is 6.29. The number of carbonyl (C=O) groups is 1. The van der Waals surface area contributed by atoms with Gasteiger partial charge >= 0.3 is 0 Å². The molecule has 0 radical (unpaired) electrons. The molecule has 2 heterocycles. The summed E-state index contributed by atoms with van der Waals surface area (Å²) < 4.78 is 0. The third kappa shape index (κ3) is 3.33. The molecular formula is C18H24N4O3. The van der Waals surface area contributed by atoms with Gasteiger partial charge in [-0.3, -0.25) is 14.9 Å². The summed E-state index contributed by atoms with van der Waals surface area (Å²) >= 11 is 0. The molecule has 3 fully saturated rings. The van der Waals surface area contributed by atoms with E-state index in [-0.39, 0.29) is 17.6 Å². The van der Waals surface area contributed by atoms with Crippen molar-refractivity contribution in [2.45, 2.75) is 62.7 Å². The lowest BCUT2D eigenvalue weighted by Gasteiger charge is -2.35. The lowest BCUT2D eigenvalue weighted by Crippen LogP contribution is -2.48. The van der Waals surface area contributed by atoms with Crippen LogP contribution in [0.15, 0.2) is 18.2 Å². The van der Waals surface area contributed by atoms with E-state index in [9.17, 15) is 14.9 Å². The Labute approximate surface area is 146 Å². The van der Waals surface area contributed by atoms with Gasteiger partial charge in [0, 0.05) is 42.8 Å². The van der Waals surface area contributed by atoms with E-state index in [1.165, 1.54) is 18.9 Å². The Kier molecular flexibility index (Phi) is 4.11. The smallest absolute Gasteiger partial charge is 0.293 e. The van der Waals surface area contributed by atoms with E-state index in [4.69, 9.17) is 0 Å². The van der Waals surface area contributed by atoms with Crippen LogP contribution in [0.25, 0.3) is 0 Å². The number of nitrogens with one attached hydrogen (secondary N) is 2. The largest absolute Gasteiger partial charge is 0.377 e. The lowest BCUT2D eigenvalue weighted by molar-refractivity contribution is -0.384. The van der Waals surface area contributed by atoms with Gasteiger partial charge in [0.2, 0.25) is 0 Å². The van der Waals surface area contributed by atoms with Gasteiger partial charge in [-0.25, -0.2) is 0 Å². The number of carbonyl (C=O) groups excluding carboxylic acids is 1. The van der Waals surface area contributed by atoms with Gasteiger partial charge in [-0.1, -0.05) is 0 Å². The number of anilines is 1. The third-order valence-electron chi connectivity index (χ3n) is 5.69. The molecule has 2 aliphatic heterocycles. The van der Waals surface area contributed by atoms with Gasteiger partial charge in [0.15, 0.2) is 0 Å². The van der Waals surface area contributed by atoms with Crippen molar-refractivity contribution < 1.29 is 9.72 Å². The van der Waals surface area contributed by atoms with Gasteiger partial charge in [-0.05, 0) is 50.7 Å². The zero-order valence-electron chi connectivity index (χ0n) is 14.4. The van der Waals surface area contributed by atoms with Crippen molar-refractivity contribution in [3.63, 3.8) is 0 Å². The Morgan fingerprint density at radius 1 is 1.24 bits per heavy atom. The van der Waals surface area contributed by atoms with E-state index in [0.29, 0.717) is 29.4 Å². The molecule has 2 atom stereocenters. The summed E-state index contributed by atoms with van der Waals surface area (Å²) in [6.07, 6.45) is 6.36. The first kappa shape index (κ1) is 16.3. The molecule has 1 saturated carbocycles. The lowest BCUT2D eigenvalue weighted by atomic mass is 9.98. The Morgan fingerprint density at radius 2 is 1.92 bits per heavy atom. The van der Waals surface area contributed by atoms with Crippen LogP contribution in [0.3, 0.4) is 0 Å². The molecule has 0 aromatic heterocycles. The van der Waals surface area contributed by atoms with Gasteiger partial charge in [0.1, 0.15) is 5.69 Å². The van der Waals surface area contributed by atoms with Crippen molar-refractivity contribution >= 4 is 17.3 Å². The van der Waals surface area contributed by atoms with Crippen molar-refractivity contribution in [1.29, 1.82) is 0 Å². The summed E-state index contributed by atoms with van der Waals surface area (Å²) in [5.41, 5.74) is 0.879. The number of rotatable bonds is 5. The summed E-state index contributed by atoms with van der Waals surface area (Å²) in [6.45, 7) is 0. The molecule has 4 rings (SSSR count). The van der Waals surface area contributed by atoms with Crippen LogP contribution < -0.4 is 10.6 Å². The predicted octanol–water partition coefficient (Wildman–Crippen LogP) is 2.52. The first-order chi connectivity index (χ1) is 12.0. The van der Waals surface area contributed by atoms with Crippen molar-refractivity contribution in [3.8, 4) is 0 Å². The highest BCUT2D eigenvalue weighted by atomic mass is 16.6. The number of amides is 1. The number of nitro benzene ring substituents is 1. The van der Waals surface area contributed by atoms with Gasteiger partial charge in [-0.15, -0.1) is 0 Å². The van der Waals surface area contributed by atoms with Crippen molar-refractivity contribution in [2.75, 3.05) is 12.4 Å². The van der Waals surface area contributed by atoms with Crippen LogP contribution >= 0.6 is 0 Å². The maximum Gasteiger partial charge on any atom is 0.293 e. The van der Waals surface area contributed by atoms with Gasteiger partial charge in [-0.2, -0.15) is 0 Å². The molecule has 25 heavy (non-hydrogen) atoms. The van der Waals surface area contributed by atoms with E-state index in [2.05, 4.69) is 10.6 Å². The van der Waals surface area contributed by atoms with Crippen LogP contribution in [0, 0.1) is 10.1 Å². The highest BCUT2D eigenvalue weighted by Crippen LogP contribution is 2.33. The van der Waals surface area contributed by atoms with E-state index in [0.717, 1.165) is 25.7 Å². The third-order valence-corrected chi connectivity index (χ3v) is 5.69. The Balaban J connectivity index is 1.52. The average Bonchev–Trinajstić information content (AvgIpc) is 3.36. The molecule has 2 N–H and O–H groups in total. The molecular weight excluding hydrogens is 320 g/mol. The zero-order chi connectivity index (χ0) is 17.6. The molecule has 1 amide bonds. The fourth-order valence-corrected chi connectivity index (χ4v) is 4.10. The molecule has 1 aromatic carbocycles. The van der Waals surface area contributed by atoms with E-state index >= 15 is 0 Å². The molecule has 2 unspecified atom stereocenters. The second-order valence-electron chi connectivity index (χ2n) is 7.59. The summed E-state index contributed by atoms with van der Waals surface area (Å²) in [5, 5.41) is 18.1. The summed E-state index contributed by atoms with van der Waals surface area (Å²) in [7, 11) is 1.82. The van der Waals surface area contributed by atoms with Crippen LogP contribution in [0.2, 0.25) is 0 Å². The maximum absolute atomic E-state index is 12.9. The van der Waals surface area contributed by atoms with Crippen LogP contribution in [-0.4, -0.2) is 46.9 Å². The van der Waals surface area contributed by atoms with E-state index in [1.807, 2.05) is 7.05 Å². The fraction of sp³-hybridized carbons (Fsp3) is 0.611. The van der Waals surface area contributed by atoms with Gasteiger partial charge in [0.05, 0.1) is 4.92 Å². The number of nitrogens with zero attached hydrogens (tertiary/aromatic N) is 2. The highest BCUT2D eigenvalue weighted by molar-refractivity contribution is 5.95. The summed E-state index contributed by atoms with van der Waals surface area (Å²) in [5.74, 6) is -0.132. The van der Waals surface area contributed by atoms with Crippen molar-refractivity contribution in [2.24, 2.45) is 0 Å². The number of hydrogen-bond acceptors (Lipinski definition) is 5. The first-order valence-electron chi connectivity index (χ1n) is 9.09. The quantitative estimate of drug-likeness (QED) is 0.633. The standard InChI is InChI=1S/C18H24N4O3/c1-21(15-9-13-5-6-14(10-15)19-13)18(23)11-2-7-16(20-12-3-4-12)17(8-11)22(24)25/h2,7-8,12-15,19-20H,3-6,9-10H2,1H3. The SMILES string of the molecule is CN(C(=O)c1ccc(NC2CC2)c([N+](=O)[O-])c1)C1CC2CCC(C1)N2. The van der Waals surface area contributed by atoms with Crippen molar-refractivity contribution in [1.82, 2.24) is 10.2 Å². The molecule has 2 bridgehead atoms. The Hall–Kier alpha value is -2.15. The van der Waals surface area contributed by atoms with Gasteiger partial charge in [0.25, 0.3) is 11.6 Å². The molecule has 2 saturated heterocycles. The molecule has 3 aliphatic rings. The van der Waals surface area contributed by atoms with E-state index in [1.54, 1.807) is 17.0 Å². The zero-order valence-corrected chi connectivity index (χ0v) is 14.4. The molecule has 1 aliphatic carbocycles. The molecule has 1 aromatic rings. The minimum atomic E-state index is -0.410. The predicted molar refractivity (Wildman–Crippen MR) is 94.8 cm³/mol.